The molecule has 0 amide bonds. The van der Waals surface area contributed by atoms with Gasteiger partial charge < -0.3 is 10.2 Å². The van der Waals surface area contributed by atoms with Crippen molar-refractivity contribution < 1.29 is 15.0 Å². The Morgan fingerprint density at radius 3 is 2.00 bits per heavy atom. The molecule has 0 spiro atoms. The van der Waals surface area contributed by atoms with Crippen LogP contribution in [-0.4, -0.2) is 16.2 Å². The molecule has 0 aliphatic heterocycles. The fourth-order valence-corrected chi connectivity index (χ4v) is 2.17. The van der Waals surface area contributed by atoms with Crippen molar-refractivity contribution in [1.82, 2.24) is 0 Å². The van der Waals surface area contributed by atoms with Crippen LogP contribution in [-0.2, 0) is 10.4 Å². The van der Waals surface area contributed by atoms with Crippen molar-refractivity contribution in [2.24, 2.45) is 5.92 Å². The highest BCUT2D eigenvalue weighted by Gasteiger charge is 2.30. The highest BCUT2D eigenvalue weighted by Crippen LogP contribution is 2.36. The lowest BCUT2D eigenvalue weighted by Gasteiger charge is -2.32. The first kappa shape index (κ1) is 15.7. The van der Waals surface area contributed by atoms with Crippen LogP contribution in [0.3, 0.4) is 0 Å². The summed E-state index contributed by atoms with van der Waals surface area (Å²) in [4.78, 5) is 9.70. The Balaban J connectivity index is 0.000000258. The van der Waals surface area contributed by atoms with E-state index in [4.69, 9.17) is 5.11 Å². The number of aliphatic hydroxyl groups is 1. The molecule has 1 aliphatic carbocycles. The molecule has 3 heteroatoms. The third-order valence-electron chi connectivity index (χ3n) is 3.49. The van der Waals surface area contributed by atoms with Gasteiger partial charge >= 0.3 is 5.97 Å². The van der Waals surface area contributed by atoms with Crippen molar-refractivity contribution in [3.05, 3.63) is 35.9 Å². The number of rotatable bonds is 2. The second-order valence-corrected chi connectivity index (χ2v) is 5.45. The van der Waals surface area contributed by atoms with Crippen molar-refractivity contribution in [3.8, 4) is 0 Å². The Hall–Kier alpha value is -1.35. The largest absolute Gasteiger partial charge is 0.481 e. The third-order valence-corrected chi connectivity index (χ3v) is 3.49. The minimum absolute atomic E-state index is 0.231. The van der Waals surface area contributed by atoms with E-state index in [1.165, 1.54) is 6.42 Å². The van der Waals surface area contributed by atoms with E-state index in [0.29, 0.717) is 0 Å². The second-order valence-electron chi connectivity index (χ2n) is 5.45. The van der Waals surface area contributed by atoms with E-state index >= 15 is 0 Å². The molecule has 0 unspecified atom stereocenters. The van der Waals surface area contributed by atoms with E-state index in [0.717, 1.165) is 31.2 Å². The third kappa shape index (κ3) is 5.03. The maximum Gasteiger partial charge on any atom is 0.305 e. The summed E-state index contributed by atoms with van der Waals surface area (Å²) in [6, 6.07) is 10.1. The molecule has 1 fully saturated rings. The number of aliphatic carboxylic acids is 1. The summed E-state index contributed by atoms with van der Waals surface area (Å²) in [6.07, 6.45) is 5.44. The number of hydrogen-bond donors (Lipinski definition) is 2. The van der Waals surface area contributed by atoms with Crippen LogP contribution in [0.2, 0.25) is 0 Å². The van der Waals surface area contributed by atoms with Gasteiger partial charge in [0, 0.05) is 0 Å². The molecular formula is C16H24O3. The standard InChI is InChI=1S/C12H16O.C4H8O2/c13-12(9-5-2-6-10-12)11-7-3-1-4-8-11;1-3(2)4(5)6/h1,3-4,7-8,13H,2,5-6,9-10H2;3H,1-2H3,(H,5,6). The number of hydrogen-bond acceptors (Lipinski definition) is 2. The van der Waals surface area contributed by atoms with Crippen LogP contribution in [0, 0.1) is 5.92 Å². The molecule has 106 valence electrons. The molecular weight excluding hydrogens is 240 g/mol. The summed E-state index contributed by atoms with van der Waals surface area (Å²) in [5.74, 6) is -0.972. The molecule has 2 N–H and O–H groups in total. The summed E-state index contributed by atoms with van der Waals surface area (Å²) >= 11 is 0. The summed E-state index contributed by atoms with van der Waals surface area (Å²) < 4.78 is 0. The van der Waals surface area contributed by atoms with Gasteiger partial charge in [0.1, 0.15) is 0 Å². The molecule has 2 rings (SSSR count). The zero-order valence-electron chi connectivity index (χ0n) is 11.8. The molecule has 1 aromatic rings. The van der Waals surface area contributed by atoms with Gasteiger partial charge in [0.15, 0.2) is 0 Å². The fourth-order valence-electron chi connectivity index (χ4n) is 2.17. The molecule has 0 bridgehead atoms. The van der Waals surface area contributed by atoms with Gasteiger partial charge in [-0.05, 0) is 18.4 Å². The van der Waals surface area contributed by atoms with Gasteiger partial charge in [-0.1, -0.05) is 63.4 Å². The summed E-state index contributed by atoms with van der Waals surface area (Å²) in [5.41, 5.74) is 0.564. The van der Waals surface area contributed by atoms with Crippen LogP contribution in [0.5, 0.6) is 0 Å². The number of carboxylic acids is 1. The van der Waals surface area contributed by atoms with E-state index in [2.05, 4.69) is 0 Å². The van der Waals surface area contributed by atoms with Crippen molar-refractivity contribution >= 4 is 5.97 Å². The van der Waals surface area contributed by atoms with Gasteiger partial charge in [-0.25, -0.2) is 0 Å². The van der Waals surface area contributed by atoms with Gasteiger partial charge in [0.2, 0.25) is 0 Å². The van der Waals surface area contributed by atoms with Gasteiger partial charge in [-0.2, -0.15) is 0 Å². The Kier molecular flexibility index (Phi) is 6.03. The predicted octanol–water partition coefficient (Wildman–Crippen LogP) is 3.57. The van der Waals surface area contributed by atoms with Crippen molar-refractivity contribution in [2.45, 2.75) is 51.6 Å². The minimum Gasteiger partial charge on any atom is -0.481 e. The summed E-state index contributed by atoms with van der Waals surface area (Å²) in [7, 11) is 0. The zero-order chi connectivity index (χ0) is 14.3. The van der Waals surface area contributed by atoms with E-state index in [1.54, 1.807) is 13.8 Å². The first-order valence-corrected chi connectivity index (χ1v) is 6.96. The molecule has 0 aromatic heterocycles. The fraction of sp³-hybridized carbons (Fsp3) is 0.562. The lowest BCUT2D eigenvalue weighted by molar-refractivity contribution is -0.140. The minimum atomic E-state index is -0.741. The zero-order valence-corrected chi connectivity index (χ0v) is 11.8. The number of carbonyl (C=O) groups is 1. The summed E-state index contributed by atoms with van der Waals surface area (Å²) in [6.45, 7) is 3.28. The molecule has 0 atom stereocenters. The molecule has 0 radical (unpaired) electrons. The van der Waals surface area contributed by atoms with Crippen LogP contribution >= 0.6 is 0 Å². The van der Waals surface area contributed by atoms with Crippen LogP contribution in [0.4, 0.5) is 0 Å². The average molecular weight is 264 g/mol. The molecule has 0 saturated heterocycles. The molecule has 0 heterocycles. The molecule has 1 saturated carbocycles. The lowest BCUT2D eigenvalue weighted by atomic mass is 9.80. The van der Waals surface area contributed by atoms with Crippen LogP contribution < -0.4 is 0 Å². The van der Waals surface area contributed by atoms with Crippen molar-refractivity contribution in [1.29, 1.82) is 0 Å². The van der Waals surface area contributed by atoms with Crippen LogP contribution in [0.15, 0.2) is 30.3 Å². The van der Waals surface area contributed by atoms with E-state index in [-0.39, 0.29) is 5.92 Å². The molecule has 1 aliphatic rings. The van der Waals surface area contributed by atoms with E-state index < -0.39 is 11.6 Å². The van der Waals surface area contributed by atoms with Crippen LogP contribution in [0.25, 0.3) is 0 Å². The second kappa shape index (κ2) is 7.29. The predicted molar refractivity (Wildman–Crippen MR) is 75.9 cm³/mol. The van der Waals surface area contributed by atoms with Gasteiger partial charge in [0.25, 0.3) is 0 Å². The lowest BCUT2D eigenvalue weighted by Crippen LogP contribution is -2.28. The molecule has 3 nitrogen and oxygen atoms in total. The highest BCUT2D eigenvalue weighted by molar-refractivity contribution is 5.68. The topological polar surface area (TPSA) is 57.5 Å². The Bertz CT molecular complexity index is 378. The smallest absolute Gasteiger partial charge is 0.305 e. The van der Waals surface area contributed by atoms with Crippen molar-refractivity contribution in [2.75, 3.05) is 0 Å². The Morgan fingerprint density at radius 1 is 1.11 bits per heavy atom. The monoisotopic (exact) mass is 264 g/mol. The van der Waals surface area contributed by atoms with E-state index in [1.807, 2.05) is 30.3 Å². The van der Waals surface area contributed by atoms with Gasteiger partial charge in [-0.3, -0.25) is 4.79 Å². The SMILES string of the molecule is CC(C)C(=O)O.OC1(c2ccccc2)CCCCC1. The quantitative estimate of drug-likeness (QED) is 0.858. The van der Waals surface area contributed by atoms with Crippen LogP contribution in [0.1, 0.15) is 51.5 Å². The summed E-state index contributed by atoms with van der Waals surface area (Å²) in [5, 5.41) is 18.3. The number of benzene rings is 1. The van der Waals surface area contributed by atoms with E-state index in [9.17, 15) is 9.90 Å². The Morgan fingerprint density at radius 2 is 1.58 bits per heavy atom. The number of carboxylic acid groups (broad SMARTS) is 1. The van der Waals surface area contributed by atoms with Crippen molar-refractivity contribution in [3.63, 3.8) is 0 Å². The first-order chi connectivity index (χ1) is 8.96. The Labute approximate surface area is 115 Å². The maximum absolute atomic E-state index is 10.3. The average Bonchev–Trinajstić information content (AvgIpc) is 2.41. The maximum atomic E-state index is 10.3. The van der Waals surface area contributed by atoms with Gasteiger partial charge in [0.05, 0.1) is 11.5 Å². The molecule has 1 aromatic carbocycles. The molecule has 19 heavy (non-hydrogen) atoms. The normalized spacial score (nSPS) is 17.5. The first-order valence-electron chi connectivity index (χ1n) is 6.96. The highest BCUT2D eigenvalue weighted by atomic mass is 16.4. The van der Waals surface area contributed by atoms with Gasteiger partial charge in [-0.15, -0.1) is 0 Å².